The van der Waals surface area contributed by atoms with Gasteiger partial charge in [0.2, 0.25) is 5.91 Å². The summed E-state index contributed by atoms with van der Waals surface area (Å²) < 4.78 is 1.94. The third-order valence-electron chi connectivity index (χ3n) is 5.84. The number of hydrogen-bond acceptors (Lipinski definition) is 3. The van der Waals surface area contributed by atoms with Crippen LogP contribution >= 0.6 is 0 Å². The number of piperidine rings is 1. The van der Waals surface area contributed by atoms with E-state index in [-0.39, 0.29) is 30.9 Å². The predicted molar refractivity (Wildman–Crippen MR) is 117 cm³/mol. The third-order valence-corrected chi connectivity index (χ3v) is 5.84. The van der Waals surface area contributed by atoms with E-state index in [0.717, 1.165) is 36.0 Å². The number of nitrogens with zero attached hydrogens (tertiary/aromatic N) is 3. The number of likely N-dealkylation sites (tertiary alicyclic amines) is 1. The van der Waals surface area contributed by atoms with Gasteiger partial charge >= 0.3 is 0 Å². The summed E-state index contributed by atoms with van der Waals surface area (Å²) in [5.74, 6) is 0.653. The first-order chi connectivity index (χ1) is 14.5. The Morgan fingerprint density at radius 3 is 2.77 bits per heavy atom. The summed E-state index contributed by atoms with van der Waals surface area (Å²) in [6, 6.07) is 15.6. The lowest BCUT2D eigenvalue weighted by Gasteiger charge is -2.33. The van der Waals surface area contributed by atoms with Gasteiger partial charge in [-0.05, 0) is 57.4 Å². The molecule has 2 amide bonds. The number of fused-ring (bicyclic) bond motifs is 1. The summed E-state index contributed by atoms with van der Waals surface area (Å²) in [6.45, 7) is 5.40. The van der Waals surface area contributed by atoms with Gasteiger partial charge in [0.25, 0.3) is 5.91 Å². The molecule has 0 saturated carbocycles. The minimum Gasteiger partial charge on any atom is -0.345 e. The standard InChI is InChI=1S/C24H28N4O2/c1-17-8-7-10-19(14-17)24(30)25-15-22-26-20-11-3-4-12-21(20)28(22)16-23(29)27-13-6-5-9-18(27)2/h3-4,7-8,10-12,14,18H,5-6,9,13,15-16H2,1-2H3,(H,25,30). The summed E-state index contributed by atoms with van der Waals surface area (Å²) in [6.07, 6.45) is 3.28. The number of imidazole rings is 1. The van der Waals surface area contributed by atoms with E-state index >= 15 is 0 Å². The van der Waals surface area contributed by atoms with E-state index in [0.29, 0.717) is 11.4 Å². The number of aryl methyl sites for hydroxylation is 1. The number of rotatable bonds is 5. The van der Waals surface area contributed by atoms with Crippen LogP contribution in [-0.2, 0) is 17.9 Å². The highest BCUT2D eigenvalue weighted by molar-refractivity contribution is 5.94. The maximum Gasteiger partial charge on any atom is 0.251 e. The molecule has 6 nitrogen and oxygen atoms in total. The van der Waals surface area contributed by atoms with E-state index in [9.17, 15) is 9.59 Å². The molecule has 156 valence electrons. The highest BCUT2D eigenvalue weighted by Crippen LogP contribution is 2.20. The molecule has 1 saturated heterocycles. The lowest BCUT2D eigenvalue weighted by atomic mass is 10.0. The van der Waals surface area contributed by atoms with Crippen LogP contribution in [0.1, 0.15) is 47.9 Å². The number of aromatic nitrogens is 2. The smallest absolute Gasteiger partial charge is 0.251 e. The van der Waals surface area contributed by atoms with Gasteiger partial charge in [-0.25, -0.2) is 4.98 Å². The van der Waals surface area contributed by atoms with Gasteiger partial charge in [-0.2, -0.15) is 0 Å². The van der Waals surface area contributed by atoms with Crippen molar-refractivity contribution >= 4 is 22.8 Å². The molecule has 0 radical (unpaired) electrons. The molecule has 1 N–H and O–H groups in total. The van der Waals surface area contributed by atoms with Gasteiger partial charge in [0.15, 0.2) is 0 Å². The van der Waals surface area contributed by atoms with Crippen molar-refractivity contribution in [3.05, 3.63) is 65.5 Å². The first-order valence-electron chi connectivity index (χ1n) is 10.6. The molecule has 0 aliphatic carbocycles. The molecule has 1 atom stereocenters. The third kappa shape index (κ3) is 4.22. The fraction of sp³-hybridized carbons (Fsp3) is 0.375. The Bertz CT molecular complexity index is 1070. The quantitative estimate of drug-likeness (QED) is 0.705. The average Bonchev–Trinajstić information content (AvgIpc) is 3.09. The van der Waals surface area contributed by atoms with Crippen molar-refractivity contribution in [3.63, 3.8) is 0 Å². The van der Waals surface area contributed by atoms with Crippen molar-refractivity contribution in [2.45, 2.75) is 52.2 Å². The fourth-order valence-corrected chi connectivity index (χ4v) is 4.18. The molecule has 4 rings (SSSR count). The summed E-state index contributed by atoms with van der Waals surface area (Å²) in [5.41, 5.74) is 3.40. The molecule has 1 aliphatic rings. The van der Waals surface area contributed by atoms with E-state index in [1.807, 2.05) is 58.9 Å². The van der Waals surface area contributed by atoms with Crippen LogP contribution in [0, 0.1) is 6.92 Å². The molecule has 1 unspecified atom stereocenters. The number of benzene rings is 2. The molecule has 0 spiro atoms. The number of amides is 2. The van der Waals surface area contributed by atoms with Crippen LogP contribution in [0.4, 0.5) is 0 Å². The van der Waals surface area contributed by atoms with Crippen LogP contribution in [0.5, 0.6) is 0 Å². The Morgan fingerprint density at radius 1 is 1.13 bits per heavy atom. The van der Waals surface area contributed by atoms with Crippen molar-refractivity contribution in [3.8, 4) is 0 Å². The number of carbonyl (C=O) groups excluding carboxylic acids is 2. The molecule has 0 bridgehead atoms. The van der Waals surface area contributed by atoms with Crippen molar-refractivity contribution in [1.82, 2.24) is 19.8 Å². The minimum atomic E-state index is -0.145. The number of para-hydroxylation sites is 2. The zero-order chi connectivity index (χ0) is 21.1. The number of carbonyl (C=O) groups is 2. The Labute approximate surface area is 176 Å². The molecule has 6 heteroatoms. The van der Waals surface area contributed by atoms with Crippen molar-refractivity contribution in [2.24, 2.45) is 0 Å². The van der Waals surface area contributed by atoms with Crippen LogP contribution < -0.4 is 5.32 Å². The van der Waals surface area contributed by atoms with Crippen molar-refractivity contribution < 1.29 is 9.59 Å². The lowest BCUT2D eigenvalue weighted by molar-refractivity contribution is -0.135. The van der Waals surface area contributed by atoms with Gasteiger partial charge in [-0.15, -0.1) is 0 Å². The van der Waals surface area contributed by atoms with Crippen LogP contribution in [0.2, 0.25) is 0 Å². The zero-order valence-corrected chi connectivity index (χ0v) is 17.6. The Hall–Kier alpha value is -3.15. The van der Waals surface area contributed by atoms with E-state index < -0.39 is 0 Å². The highest BCUT2D eigenvalue weighted by Gasteiger charge is 2.24. The van der Waals surface area contributed by atoms with Crippen LogP contribution in [0.15, 0.2) is 48.5 Å². The fourth-order valence-electron chi connectivity index (χ4n) is 4.18. The Kier molecular flexibility index (Phi) is 5.84. The monoisotopic (exact) mass is 404 g/mol. The second-order valence-corrected chi connectivity index (χ2v) is 8.09. The van der Waals surface area contributed by atoms with Crippen LogP contribution in [0.3, 0.4) is 0 Å². The predicted octanol–water partition coefficient (Wildman–Crippen LogP) is 3.68. The normalized spacial score (nSPS) is 16.6. The second-order valence-electron chi connectivity index (χ2n) is 8.09. The minimum absolute atomic E-state index is 0.108. The second kappa shape index (κ2) is 8.69. The average molecular weight is 405 g/mol. The van der Waals surface area contributed by atoms with Gasteiger partial charge in [-0.3, -0.25) is 9.59 Å². The SMILES string of the molecule is Cc1cccc(C(=O)NCc2nc3ccccc3n2CC(=O)N2CCCCC2C)c1. The summed E-state index contributed by atoms with van der Waals surface area (Å²) >= 11 is 0. The van der Waals surface area contributed by atoms with E-state index in [4.69, 9.17) is 4.98 Å². The van der Waals surface area contributed by atoms with E-state index in [1.165, 1.54) is 6.42 Å². The molecule has 2 heterocycles. The van der Waals surface area contributed by atoms with E-state index in [2.05, 4.69) is 12.2 Å². The molecule has 1 aromatic heterocycles. The maximum atomic E-state index is 13.1. The van der Waals surface area contributed by atoms with Crippen LogP contribution in [0.25, 0.3) is 11.0 Å². The number of hydrogen-bond donors (Lipinski definition) is 1. The Morgan fingerprint density at radius 2 is 1.97 bits per heavy atom. The summed E-state index contributed by atoms with van der Waals surface area (Å²) in [4.78, 5) is 32.3. The van der Waals surface area contributed by atoms with Gasteiger partial charge in [-0.1, -0.05) is 29.8 Å². The largest absolute Gasteiger partial charge is 0.345 e. The molecule has 3 aromatic rings. The first kappa shape index (κ1) is 20.1. The van der Waals surface area contributed by atoms with Gasteiger partial charge in [0.05, 0.1) is 17.6 Å². The lowest BCUT2D eigenvalue weighted by Crippen LogP contribution is -2.43. The highest BCUT2D eigenvalue weighted by atomic mass is 16.2. The topological polar surface area (TPSA) is 67.2 Å². The van der Waals surface area contributed by atoms with Crippen molar-refractivity contribution in [2.75, 3.05) is 6.54 Å². The maximum absolute atomic E-state index is 13.1. The van der Waals surface area contributed by atoms with Gasteiger partial charge in [0, 0.05) is 18.2 Å². The first-order valence-corrected chi connectivity index (χ1v) is 10.6. The molecule has 2 aromatic carbocycles. The molecular formula is C24H28N4O2. The molecule has 1 fully saturated rings. The van der Waals surface area contributed by atoms with Gasteiger partial charge in [0.1, 0.15) is 12.4 Å². The van der Waals surface area contributed by atoms with E-state index in [1.54, 1.807) is 6.07 Å². The summed E-state index contributed by atoms with van der Waals surface area (Å²) in [7, 11) is 0. The van der Waals surface area contributed by atoms with Gasteiger partial charge < -0.3 is 14.8 Å². The number of nitrogens with one attached hydrogen (secondary N) is 1. The molecular weight excluding hydrogens is 376 g/mol. The molecule has 1 aliphatic heterocycles. The zero-order valence-electron chi connectivity index (χ0n) is 17.6. The summed E-state index contributed by atoms with van der Waals surface area (Å²) in [5, 5.41) is 2.96. The van der Waals surface area contributed by atoms with Crippen LogP contribution in [-0.4, -0.2) is 38.9 Å². The van der Waals surface area contributed by atoms with Crippen molar-refractivity contribution in [1.29, 1.82) is 0 Å². The molecule has 30 heavy (non-hydrogen) atoms. The Balaban J connectivity index is 1.55.